The van der Waals surface area contributed by atoms with Crippen LogP contribution in [0.2, 0.25) is 0 Å². The van der Waals surface area contributed by atoms with E-state index in [0.717, 1.165) is 11.8 Å². The SMILES string of the molecule is F[B-](F)(F)CSc1ccc2c(c1)OCCO2.[K+]. The monoisotopic (exact) mass is 288 g/mol. The first-order valence-corrected chi connectivity index (χ1v) is 5.76. The van der Waals surface area contributed by atoms with E-state index in [-0.39, 0.29) is 51.4 Å². The number of hydrogen-bond donors (Lipinski definition) is 0. The van der Waals surface area contributed by atoms with Gasteiger partial charge in [0.2, 0.25) is 0 Å². The summed E-state index contributed by atoms with van der Waals surface area (Å²) < 4.78 is 46.8. The molecule has 1 heterocycles. The normalized spacial score (nSPS) is 14.1. The average molecular weight is 288 g/mol. The van der Waals surface area contributed by atoms with Gasteiger partial charge in [0.15, 0.2) is 11.5 Å². The third kappa shape index (κ3) is 5.04. The van der Waals surface area contributed by atoms with Crippen molar-refractivity contribution in [2.24, 2.45) is 0 Å². The molecule has 0 saturated heterocycles. The van der Waals surface area contributed by atoms with Crippen LogP contribution in [0.4, 0.5) is 12.9 Å². The summed E-state index contributed by atoms with van der Waals surface area (Å²) in [5.41, 5.74) is -0.834. The topological polar surface area (TPSA) is 18.5 Å². The van der Waals surface area contributed by atoms with Gasteiger partial charge in [-0.15, -0.1) is 0 Å². The predicted molar refractivity (Wildman–Crippen MR) is 57.2 cm³/mol. The first-order valence-electron chi connectivity index (χ1n) is 4.78. The van der Waals surface area contributed by atoms with Crippen LogP contribution in [0.25, 0.3) is 0 Å². The van der Waals surface area contributed by atoms with Crippen molar-refractivity contribution < 1.29 is 73.8 Å². The van der Waals surface area contributed by atoms with Crippen LogP contribution in [0.15, 0.2) is 23.1 Å². The molecule has 0 amide bonds. The van der Waals surface area contributed by atoms with E-state index >= 15 is 0 Å². The van der Waals surface area contributed by atoms with Gasteiger partial charge < -0.3 is 22.4 Å². The van der Waals surface area contributed by atoms with Gasteiger partial charge in [0, 0.05) is 4.90 Å². The summed E-state index contributed by atoms with van der Waals surface area (Å²) in [6.45, 7) is -3.84. The molecule has 1 aromatic rings. The van der Waals surface area contributed by atoms with Crippen LogP contribution in [0.5, 0.6) is 11.5 Å². The minimum atomic E-state index is -4.75. The molecule has 0 saturated carbocycles. The van der Waals surface area contributed by atoms with E-state index in [2.05, 4.69) is 0 Å². The molecule has 0 N–H and O–H groups in total. The fourth-order valence-electron chi connectivity index (χ4n) is 1.30. The average Bonchev–Trinajstić information content (AvgIpc) is 2.25. The summed E-state index contributed by atoms with van der Waals surface area (Å²) in [5, 5.41) is 0. The Balaban J connectivity index is 0.00000144. The second-order valence-electron chi connectivity index (χ2n) is 3.33. The number of thioether (sulfide) groups is 1. The van der Waals surface area contributed by atoms with Crippen molar-refractivity contribution in [1.82, 2.24) is 0 Å². The molecule has 0 radical (unpaired) electrons. The zero-order valence-corrected chi connectivity index (χ0v) is 13.2. The molecule has 2 nitrogen and oxygen atoms in total. The van der Waals surface area contributed by atoms with Gasteiger partial charge in [-0.25, -0.2) is 0 Å². The number of rotatable bonds is 3. The Morgan fingerprint density at radius 1 is 1.12 bits per heavy atom. The van der Waals surface area contributed by atoms with Crippen LogP contribution in [0.1, 0.15) is 0 Å². The molecule has 0 atom stereocenters. The van der Waals surface area contributed by atoms with E-state index in [4.69, 9.17) is 9.47 Å². The Morgan fingerprint density at radius 3 is 2.41 bits per heavy atom. The molecule has 1 aromatic carbocycles. The van der Waals surface area contributed by atoms with Crippen LogP contribution in [-0.2, 0) is 0 Å². The van der Waals surface area contributed by atoms with Crippen molar-refractivity contribution in [2.75, 3.05) is 18.9 Å². The van der Waals surface area contributed by atoms with E-state index in [9.17, 15) is 12.9 Å². The summed E-state index contributed by atoms with van der Waals surface area (Å²) in [6.07, 6.45) is 0. The van der Waals surface area contributed by atoms with E-state index < -0.39 is 12.6 Å². The Labute approximate surface area is 144 Å². The number of ether oxygens (including phenoxy) is 2. The van der Waals surface area contributed by atoms with Crippen LogP contribution >= 0.6 is 11.8 Å². The summed E-state index contributed by atoms with van der Waals surface area (Å²) in [4.78, 5) is 0.545. The smallest absolute Gasteiger partial charge is 0.486 e. The third-order valence-corrected chi connectivity index (χ3v) is 3.08. The molecular weight excluding hydrogens is 279 g/mol. The first kappa shape index (κ1) is 15.7. The standard InChI is InChI=1S/C9H9BF3O2S.K/c11-10(12,13)6-16-7-1-2-8-9(5-7)15-4-3-14-8;/h1-2,5H,3-4,6H2;/q-1;+1. The summed E-state index contributed by atoms with van der Waals surface area (Å²) in [6, 6.07) is 4.83. The molecule has 0 unspecified atom stereocenters. The molecule has 0 aliphatic carbocycles. The van der Waals surface area contributed by atoms with E-state index in [1.807, 2.05) is 0 Å². The number of halogens is 3. The van der Waals surface area contributed by atoms with Crippen LogP contribution in [0, 0.1) is 0 Å². The summed E-state index contributed by atoms with van der Waals surface area (Å²) >= 11 is 0.767. The maximum Gasteiger partial charge on any atom is 1.00 e. The van der Waals surface area contributed by atoms with Crippen molar-refractivity contribution in [2.45, 2.75) is 4.90 Å². The number of fused-ring (bicyclic) bond motifs is 1. The molecule has 0 aromatic heterocycles. The van der Waals surface area contributed by atoms with E-state index in [1.165, 1.54) is 0 Å². The van der Waals surface area contributed by atoms with Crippen LogP contribution < -0.4 is 60.9 Å². The Bertz CT molecular complexity index is 389. The maximum absolute atomic E-state index is 12.1. The van der Waals surface area contributed by atoms with Gasteiger partial charge in [-0.05, 0) is 23.9 Å². The molecule has 0 spiro atoms. The Hall–Kier alpha value is 0.661. The molecule has 2 rings (SSSR count). The number of benzene rings is 1. The molecular formula is C9H9BF3KO2S. The first-order chi connectivity index (χ1) is 7.54. The second-order valence-corrected chi connectivity index (χ2v) is 4.42. The fraction of sp³-hybridized carbons (Fsp3) is 0.333. The Kier molecular flexibility index (Phi) is 6.21. The van der Waals surface area contributed by atoms with Crippen molar-refractivity contribution in [3.05, 3.63) is 18.2 Å². The minimum Gasteiger partial charge on any atom is -0.486 e. The van der Waals surface area contributed by atoms with E-state index in [1.54, 1.807) is 18.2 Å². The van der Waals surface area contributed by atoms with Gasteiger partial charge >= 0.3 is 58.4 Å². The molecule has 17 heavy (non-hydrogen) atoms. The van der Waals surface area contributed by atoms with Gasteiger partial charge in [0.1, 0.15) is 13.2 Å². The molecule has 88 valence electrons. The minimum absolute atomic E-state index is 0. The largest absolute Gasteiger partial charge is 1.00 e. The van der Waals surface area contributed by atoms with Crippen molar-refractivity contribution in [3.8, 4) is 11.5 Å². The van der Waals surface area contributed by atoms with Gasteiger partial charge in [-0.1, -0.05) is 0 Å². The summed E-state index contributed by atoms with van der Waals surface area (Å²) in [5.74, 6) is 1.11. The summed E-state index contributed by atoms with van der Waals surface area (Å²) in [7, 11) is 0. The van der Waals surface area contributed by atoms with Gasteiger partial charge in [-0.3, -0.25) is 0 Å². The third-order valence-electron chi connectivity index (χ3n) is 1.95. The van der Waals surface area contributed by atoms with E-state index in [0.29, 0.717) is 29.6 Å². The zero-order valence-electron chi connectivity index (χ0n) is 9.29. The maximum atomic E-state index is 12.1. The van der Waals surface area contributed by atoms with Gasteiger partial charge in [0.05, 0.1) is 0 Å². The van der Waals surface area contributed by atoms with Crippen molar-refractivity contribution in [3.63, 3.8) is 0 Å². The Morgan fingerprint density at radius 2 is 1.76 bits per heavy atom. The van der Waals surface area contributed by atoms with Crippen LogP contribution in [-0.4, -0.2) is 25.8 Å². The zero-order chi connectivity index (χ0) is 11.6. The molecule has 1 aliphatic rings. The molecule has 0 fully saturated rings. The van der Waals surface area contributed by atoms with Crippen molar-refractivity contribution in [1.29, 1.82) is 0 Å². The molecule has 8 heteroatoms. The molecule has 1 aliphatic heterocycles. The molecule has 0 bridgehead atoms. The number of hydrogen-bond acceptors (Lipinski definition) is 3. The van der Waals surface area contributed by atoms with Crippen LogP contribution in [0.3, 0.4) is 0 Å². The van der Waals surface area contributed by atoms with Gasteiger partial charge in [-0.2, -0.15) is 11.8 Å². The second kappa shape index (κ2) is 6.72. The fourth-order valence-corrected chi connectivity index (χ4v) is 2.04. The predicted octanol–water partition coefficient (Wildman–Crippen LogP) is -0.0595. The quantitative estimate of drug-likeness (QED) is 0.573. The van der Waals surface area contributed by atoms with Crippen molar-refractivity contribution >= 4 is 18.7 Å². The van der Waals surface area contributed by atoms with Gasteiger partial charge in [0.25, 0.3) is 0 Å².